The maximum Gasteiger partial charge on any atom is 0.416 e. The van der Waals surface area contributed by atoms with Crippen LogP contribution >= 0.6 is 0 Å². The molecule has 0 amide bonds. The first-order chi connectivity index (χ1) is 45.3. The monoisotopic (exact) mass is 1390 g/mol. The van der Waals surface area contributed by atoms with E-state index in [2.05, 4.69) is 9.97 Å². The Kier molecular flexibility index (Phi) is 15.7. The molecule has 98 heavy (non-hydrogen) atoms. The predicted molar refractivity (Wildman–Crippen MR) is 312 cm³/mol. The topological polar surface area (TPSA) is 59.4 Å². The third kappa shape index (κ3) is 12.7. The fourth-order valence-electron chi connectivity index (χ4n) is 11.8. The van der Waals surface area contributed by atoms with Gasteiger partial charge < -0.3 is 9.13 Å². The molecular weight excluding hydrogens is 1350 g/mol. The van der Waals surface area contributed by atoms with Gasteiger partial charge in [-0.15, -0.1) is 0 Å². The molecule has 0 N–H and O–H groups in total. The SMILES string of the molecule is Cc1cc(C)nc(-c2cc(-n3c4ccc(-c5cc(C(F)(F)F)cc(C(F)(F)F)c5)cc4c4cc(-c5cc(C(F)(F)F)cc(C(F)(F)F)c5)ccc43)c(C#N)cc2-n2c3ccc(-c4cc(C(F)(F)F)cc(C(F)(F)F)c4)cc3c3cc(-c4cc(C(F)(F)F)cc(C(F)(F)F)c4)ccc32)n1. The van der Waals surface area contributed by atoms with E-state index < -0.39 is 122 Å². The molecule has 0 aliphatic heterocycles. The molecule has 12 rings (SSSR count). The number of aromatic nitrogens is 4. The van der Waals surface area contributed by atoms with Crippen LogP contribution in [0.1, 0.15) is 61.5 Å². The Morgan fingerprint density at radius 1 is 0.276 bits per heavy atom. The molecule has 3 aromatic heterocycles. The lowest BCUT2D eigenvalue weighted by molar-refractivity contribution is -0.144. The minimum Gasteiger partial charge on any atom is -0.308 e. The van der Waals surface area contributed by atoms with Crippen molar-refractivity contribution in [2.24, 2.45) is 0 Å². The van der Waals surface area contributed by atoms with Gasteiger partial charge in [-0.05, 0) is 198 Å². The third-order valence-electron chi connectivity index (χ3n) is 16.2. The second-order valence-corrected chi connectivity index (χ2v) is 22.7. The number of hydrogen-bond acceptors (Lipinski definition) is 3. The van der Waals surface area contributed by atoms with Crippen LogP contribution in [0.25, 0.3) is 111 Å². The average Bonchev–Trinajstić information content (AvgIpc) is 1.56. The van der Waals surface area contributed by atoms with Crippen LogP contribution in [0.4, 0.5) is 105 Å². The maximum atomic E-state index is 14.3. The van der Waals surface area contributed by atoms with E-state index in [-0.39, 0.29) is 124 Å². The van der Waals surface area contributed by atoms with E-state index in [1.54, 1.807) is 0 Å². The lowest BCUT2D eigenvalue weighted by Gasteiger charge is -2.19. The standard InChI is InChI=1S/C69H33F24N5/c1-31-11-32(2)96-61(95-31)54-29-59(97-55-7-3-33(37-12-42(62(70,71)72)25-43(13-37)63(73,74)75)20-50(55)51-21-34(4-8-56(51)97)38-14-44(64(76,77)78)26-45(15-38)65(79,80)81)41(30-94)24-60(54)98-57-9-5-35(39-16-46(66(82,83)84)27-47(17-39)67(85,86)87)22-52(57)53-23-36(6-10-58(53)98)40-18-48(68(88,89)90)28-49(19-40)69(91,92)93/h3-29H,1-2H3. The van der Waals surface area contributed by atoms with E-state index in [0.29, 0.717) is 48.5 Å². The Morgan fingerprint density at radius 2 is 0.510 bits per heavy atom. The Balaban J connectivity index is 1.18. The number of nitrogens with zero attached hydrogens (tertiary/aromatic N) is 5. The number of benzene rings is 9. The summed E-state index contributed by atoms with van der Waals surface area (Å²) in [6.45, 7) is 3.04. The zero-order valence-corrected chi connectivity index (χ0v) is 48.9. The van der Waals surface area contributed by atoms with Crippen molar-refractivity contribution in [1.29, 1.82) is 5.26 Å². The minimum absolute atomic E-state index is 0.0605. The zero-order chi connectivity index (χ0) is 71.3. The van der Waals surface area contributed by atoms with Crippen molar-refractivity contribution in [3.8, 4) is 73.3 Å². The number of rotatable bonds is 7. The van der Waals surface area contributed by atoms with Crippen LogP contribution in [-0.2, 0) is 49.4 Å². The van der Waals surface area contributed by atoms with Crippen molar-refractivity contribution in [1.82, 2.24) is 19.1 Å². The van der Waals surface area contributed by atoms with E-state index >= 15 is 0 Å². The lowest BCUT2D eigenvalue weighted by Crippen LogP contribution is -2.11. The maximum absolute atomic E-state index is 14.3. The summed E-state index contributed by atoms with van der Waals surface area (Å²) in [5.74, 6) is -0.195. The normalized spacial score (nSPS) is 13.2. The summed E-state index contributed by atoms with van der Waals surface area (Å²) < 4.78 is 347. The second kappa shape index (κ2) is 22.8. The number of aryl methyl sites for hydroxylation is 2. The second-order valence-electron chi connectivity index (χ2n) is 22.7. The van der Waals surface area contributed by atoms with Gasteiger partial charge in [0.2, 0.25) is 0 Å². The van der Waals surface area contributed by atoms with Gasteiger partial charge in [-0.25, -0.2) is 9.97 Å². The van der Waals surface area contributed by atoms with Crippen molar-refractivity contribution >= 4 is 43.6 Å². The molecule has 3 heterocycles. The van der Waals surface area contributed by atoms with Gasteiger partial charge in [0.1, 0.15) is 6.07 Å². The van der Waals surface area contributed by atoms with Crippen LogP contribution in [0.3, 0.4) is 0 Å². The molecule has 502 valence electrons. The van der Waals surface area contributed by atoms with E-state index in [0.717, 1.165) is 48.5 Å². The number of nitriles is 1. The highest BCUT2D eigenvalue weighted by atomic mass is 19.4. The highest BCUT2D eigenvalue weighted by molar-refractivity contribution is 6.14. The number of halogens is 24. The summed E-state index contributed by atoms with van der Waals surface area (Å²) in [6, 6.07) is 22.1. The molecule has 0 unspecified atom stereocenters. The van der Waals surface area contributed by atoms with Crippen molar-refractivity contribution in [3.05, 3.63) is 225 Å². The Labute approximate surface area is 533 Å². The molecule has 0 saturated carbocycles. The number of hydrogen-bond donors (Lipinski definition) is 0. The molecule has 0 aliphatic rings. The van der Waals surface area contributed by atoms with Gasteiger partial charge in [-0.1, -0.05) is 24.3 Å². The van der Waals surface area contributed by atoms with E-state index in [4.69, 9.17) is 0 Å². The van der Waals surface area contributed by atoms with Crippen molar-refractivity contribution < 1.29 is 105 Å². The minimum atomic E-state index is -5.36. The molecular formula is C69H33F24N5. The van der Waals surface area contributed by atoms with E-state index in [1.807, 2.05) is 6.07 Å². The largest absolute Gasteiger partial charge is 0.416 e. The summed E-state index contributed by atoms with van der Waals surface area (Å²) in [7, 11) is 0. The fourth-order valence-corrected chi connectivity index (χ4v) is 11.8. The molecule has 5 nitrogen and oxygen atoms in total. The first-order valence-corrected chi connectivity index (χ1v) is 28.1. The van der Waals surface area contributed by atoms with E-state index in [1.165, 1.54) is 65.4 Å². The van der Waals surface area contributed by atoms with Gasteiger partial charge in [0.15, 0.2) is 5.82 Å². The molecule has 0 bridgehead atoms. The molecule has 0 fully saturated rings. The van der Waals surface area contributed by atoms with Gasteiger partial charge in [-0.3, -0.25) is 0 Å². The van der Waals surface area contributed by atoms with Crippen molar-refractivity contribution in [2.45, 2.75) is 63.3 Å². The summed E-state index contributed by atoms with van der Waals surface area (Å²) >= 11 is 0. The first-order valence-electron chi connectivity index (χ1n) is 28.1. The Hall–Kier alpha value is -10.5. The van der Waals surface area contributed by atoms with Crippen molar-refractivity contribution in [2.75, 3.05) is 0 Å². The van der Waals surface area contributed by atoms with Crippen LogP contribution in [0.5, 0.6) is 0 Å². The molecule has 0 spiro atoms. The quantitative estimate of drug-likeness (QED) is 0.149. The molecule has 0 aliphatic carbocycles. The van der Waals surface area contributed by atoms with Gasteiger partial charge in [-0.2, -0.15) is 111 Å². The predicted octanol–water partition coefficient (Wildman–Crippen LogP) is 23.6. The summed E-state index contributed by atoms with van der Waals surface area (Å²) in [6.07, 6.45) is -42.9. The smallest absolute Gasteiger partial charge is 0.308 e. The summed E-state index contributed by atoms with van der Waals surface area (Å²) in [4.78, 5) is 9.28. The molecule has 9 aromatic carbocycles. The van der Waals surface area contributed by atoms with Gasteiger partial charge in [0.25, 0.3) is 0 Å². The van der Waals surface area contributed by atoms with Gasteiger partial charge in [0, 0.05) is 38.5 Å². The molecule has 0 saturated heterocycles. The molecule has 0 radical (unpaired) electrons. The lowest BCUT2D eigenvalue weighted by atomic mass is 9.96. The number of fused-ring (bicyclic) bond motifs is 6. The Bertz CT molecular complexity index is 4900. The van der Waals surface area contributed by atoms with Gasteiger partial charge in [0.05, 0.1) is 83.5 Å². The van der Waals surface area contributed by atoms with Crippen LogP contribution < -0.4 is 0 Å². The third-order valence-corrected chi connectivity index (χ3v) is 16.2. The van der Waals surface area contributed by atoms with Crippen LogP contribution in [0, 0.1) is 25.2 Å². The van der Waals surface area contributed by atoms with Crippen molar-refractivity contribution in [3.63, 3.8) is 0 Å². The number of alkyl halides is 24. The highest BCUT2D eigenvalue weighted by Gasteiger charge is 2.42. The summed E-state index contributed by atoms with van der Waals surface area (Å²) in [5, 5.41) is 10.8. The summed E-state index contributed by atoms with van der Waals surface area (Å²) in [5.41, 5.74) is -18.6. The molecule has 0 atom stereocenters. The highest BCUT2D eigenvalue weighted by Crippen LogP contribution is 2.49. The Morgan fingerprint density at radius 3 is 0.735 bits per heavy atom. The average molecular weight is 1390 g/mol. The fraction of sp³-hybridized carbons (Fsp3) is 0.145. The zero-order valence-electron chi connectivity index (χ0n) is 48.9. The van der Waals surface area contributed by atoms with E-state index in [9.17, 15) is 111 Å². The molecule has 12 aromatic rings. The van der Waals surface area contributed by atoms with Crippen LogP contribution in [0.15, 0.2) is 164 Å². The first kappa shape index (κ1) is 67.5. The van der Waals surface area contributed by atoms with Crippen LogP contribution in [-0.4, -0.2) is 19.1 Å². The van der Waals surface area contributed by atoms with Gasteiger partial charge >= 0.3 is 49.4 Å². The molecule has 29 heteroatoms. The van der Waals surface area contributed by atoms with Crippen LogP contribution in [0.2, 0.25) is 0 Å².